The van der Waals surface area contributed by atoms with E-state index in [4.69, 9.17) is 4.74 Å². The van der Waals surface area contributed by atoms with Gasteiger partial charge in [0.15, 0.2) is 0 Å². The molecule has 1 heterocycles. The van der Waals surface area contributed by atoms with Gasteiger partial charge in [0.2, 0.25) is 6.10 Å². The molecule has 2 atom stereocenters. The maximum Gasteiger partial charge on any atom is 0.268 e. The summed E-state index contributed by atoms with van der Waals surface area (Å²) >= 11 is 0. The van der Waals surface area contributed by atoms with Crippen LogP contribution in [0.5, 0.6) is 11.5 Å². The summed E-state index contributed by atoms with van der Waals surface area (Å²) in [6.45, 7) is 7.93. The van der Waals surface area contributed by atoms with Gasteiger partial charge in [0.05, 0.1) is 5.69 Å². The van der Waals surface area contributed by atoms with Gasteiger partial charge in [-0.2, -0.15) is 0 Å². The number of carbonyl (C=O) groups is 1. The van der Waals surface area contributed by atoms with Crippen LogP contribution in [0, 0.1) is 0 Å². The van der Waals surface area contributed by atoms with Gasteiger partial charge in [-0.15, -0.1) is 0 Å². The highest BCUT2D eigenvalue weighted by Crippen LogP contribution is 2.38. The average molecular weight is 355 g/mol. The van der Waals surface area contributed by atoms with Crippen LogP contribution in [-0.4, -0.2) is 22.2 Å². The summed E-state index contributed by atoms with van der Waals surface area (Å²) < 4.78 is 5.77. The molecule has 2 aromatic rings. The molecular weight excluding hydrogens is 330 g/mol. The van der Waals surface area contributed by atoms with Gasteiger partial charge in [-0.05, 0) is 52.8 Å². The predicted octanol–water partition coefficient (Wildman–Crippen LogP) is 4.07. The number of carbonyl (C=O) groups excluding carboxylic acids is 1. The first-order valence-electron chi connectivity index (χ1n) is 8.91. The number of benzene rings is 2. The zero-order valence-corrected chi connectivity index (χ0v) is 15.5. The molecule has 0 aromatic heterocycles. The van der Waals surface area contributed by atoms with E-state index in [-0.39, 0.29) is 23.5 Å². The van der Waals surface area contributed by atoms with E-state index in [1.807, 2.05) is 39.8 Å². The smallest absolute Gasteiger partial charge is 0.268 e. The lowest BCUT2D eigenvalue weighted by molar-refractivity contribution is -0.128. The highest BCUT2D eigenvalue weighted by atomic mass is 16.5. The van der Waals surface area contributed by atoms with E-state index in [0.717, 1.165) is 11.1 Å². The van der Waals surface area contributed by atoms with Crippen LogP contribution in [0.3, 0.4) is 0 Å². The zero-order valence-electron chi connectivity index (χ0n) is 15.5. The van der Waals surface area contributed by atoms with Gasteiger partial charge < -0.3 is 20.3 Å². The topological polar surface area (TPSA) is 78.8 Å². The summed E-state index contributed by atoms with van der Waals surface area (Å²) in [5.41, 5.74) is 2.66. The summed E-state index contributed by atoms with van der Waals surface area (Å²) in [5.74, 6) is 0.567. The minimum Gasteiger partial charge on any atom is -0.507 e. The minimum absolute atomic E-state index is 0.0847. The van der Waals surface area contributed by atoms with Crippen LogP contribution < -0.4 is 10.1 Å². The molecule has 2 aromatic carbocycles. The number of rotatable bonds is 4. The Balaban J connectivity index is 2.00. The van der Waals surface area contributed by atoms with Gasteiger partial charge in [0, 0.05) is 0 Å². The second-order valence-corrected chi connectivity index (χ2v) is 7.33. The Bertz CT molecular complexity index is 800. The summed E-state index contributed by atoms with van der Waals surface area (Å²) in [4.78, 5) is 12.4. The van der Waals surface area contributed by atoms with Crippen molar-refractivity contribution in [2.24, 2.45) is 0 Å². The van der Waals surface area contributed by atoms with E-state index in [1.165, 1.54) is 0 Å². The van der Waals surface area contributed by atoms with Gasteiger partial charge in [-0.1, -0.05) is 39.8 Å². The Morgan fingerprint density at radius 1 is 1.04 bits per heavy atom. The average Bonchev–Trinajstić information content (AvgIpc) is 2.60. The molecule has 5 heteroatoms. The van der Waals surface area contributed by atoms with Gasteiger partial charge in [0.25, 0.3) is 5.91 Å². The molecule has 0 saturated carbocycles. The first kappa shape index (κ1) is 18.3. The molecule has 26 heavy (non-hydrogen) atoms. The fourth-order valence-electron chi connectivity index (χ4n) is 3.20. The molecule has 3 N–H and O–H groups in total. The van der Waals surface area contributed by atoms with Crippen molar-refractivity contribution in [2.75, 3.05) is 5.32 Å². The van der Waals surface area contributed by atoms with E-state index in [2.05, 4.69) is 5.32 Å². The predicted molar refractivity (Wildman–Crippen MR) is 101 cm³/mol. The highest BCUT2D eigenvalue weighted by Gasteiger charge is 2.35. The molecule has 0 bridgehead atoms. The molecular formula is C21H25NO4. The molecule has 3 rings (SSSR count). The summed E-state index contributed by atoms with van der Waals surface area (Å²) in [6, 6.07) is 10.6. The highest BCUT2D eigenvalue weighted by molar-refractivity contribution is 5.98. The number of hydrogen-bond donors (Lipinski definition) is 3. The molecule has 0 spiro atoms. The second-order valence-electron chi connectivity index (χ2n) is 7.33. The van der Waals surface area contributed by atoms with Crippen molar-refractivity contribution in [1.29, 1.82) is 0 Å². The third kappa shape index (κ3) is 3.27. The number of ether oxygens (including phenoxy) is 1. The molecule has 2 unspecified atom stereocenters. The summed E-state index contributed by atoms with van der Waals surface area (Å²) in [7, 11) is 0. The third-order valence-corrected chi connectivity index (χ3v) is 4.72. The number of nitrogens with one attached hydrogen (secondary N) is 1. The van der Waals surface area contributed by atoms with E-state index < -0.39 is 12.2 Å². The van der Waals surface area contributed by atoms with Crippen molar-refractivity contribution in [1.82, 2.24) is 0 Å². The molecule has 5 nitrogen and oxygen atoms in total. The van der Waals surface area contributed by atoms with Crippen LogP contribution in [0.25, 0.3) is 0 Å². The van der Waals surface area contributed by atoms with Crippen molar-refractivity contribution in [2.45, 2.75) is 51.7 Å². The van der Waals surface area contributed by atoms with E-state index in [0.29, 0.717) is 17.0 Å². The van der Waals surface area contributed by atoms with Crippen molar-refractivity contribution in [3.63, 3.8) is 0 Å². The molecule has 0 aliphatic carbocycles. The monoisotopic (exact) mass is 355 g/mol. The Morgan fingerprint density at radius 2 is 1.62 bits per heavy atom. The van der Waals surface area contributed by atoms with Gasteiger partial charge in [-0.3, -0.25) is 4.79 Å². The standard InChI is InChI=1S/C21H25NO4/c1-11(2)14-9-13(10-15(12(3)4)19(14)24)18(23)20-21(25)22-16-7-5-6-8-17(16)26-20/h5-12,18,20,23-24H,1-4H3,(H,22,25). The molecule has 0 saturated heterocycles. The van der Waals surface area contributed by atoms with E-state index >= 15 is 0 Å². The number of aliphatic hydroxyl groups is 1. The fraction of sp³-hybridized carbons (Fsp3) is 0.381. The number of anilines is 1. The Morgan fingerprint density at radius 3 is 2.19 bits per heavy atom. The number of phenols is 1. The SMILES string of the molecule is CC(C)c1cc(C(O)C2Oc3ccccc3NC2=O)cc(C(C)C)c1O. The number of para-hydroxylation sites is 2. The quantitative estimate of drug-likeness (QED) is 0.772. The van der Waals surface area contributed by atoms with Gasteiger partial charge >= 0.3 is 0 Å². The molecule has 1 amide bonds. The number of fused-ring (bicyclic) bond motifs is 1. The van der Waals surface area contributed by atoms with Crippen LogP contribution in [0.4, 0.5) is 5.69 Å². The van der Waals surface area contributed by atoms with Gasteiger partial charge in [-0.25, -0.2) is 0 Å². The maximum atomic E-state index is 12.4. The Hall–Kier alpha value is -2.53. The third-order valence-electron chi connectivity index (χ3n) is 4.72. The molecule has 1 aliphatic rings. The first-order valence-corrected chi connectivity index (χ1v) is 8.91. The Labute approximate surface area is 153 Å². The van der Waals surface area contributed by atoms with Crippen molar-refractivity contribution >= 4 is 11.6 Å². The largest absolute Gasteiger partial charge is 0.507 e. The molecule has 0 fully saturated rings. The summed E-state index contributed by atoms with van der Waals surface area (Å²) in [6.07, 6.45) is -2.19. The van der Waals surface area contributed by atoms with Crippen molar-refractivity contribution < 1.29 is 19.7 Å². The molecule has 138 valence electrons. The van der Waals surface area contributed by atoms with Crippen LogP contribution in [0.1, 0.15) is 62.3 Å². The van der Waals surface area contributed by atoms with Crippen LogP contribution in [-0.2, 0) is 4.79 Å². The van der Waals surface area contributed by atoms with Crippen LogP contribution >= 0.6 is 0 Å². The number of aromatic hydroxyl groups is 1. The molecule has 1 aliphatic heterocycles. The van der Waals surface area contributed by atoms with Crippen LogP contribution in [0.2, 0.25) is 0 Å². The van der Waals surface area contributed by atoms with E-state index in [9.17, 15) is 15.0 Å². The number of hydrogen-bond acceptors (Lipinski definition) is 4. The summed E-state index contributed by atoms with van der Waals surface area (Å²) in [5, 5.41) is 24.2. The Kier molecular flexibility index (Phi) is 4.92. The zero-order chi connectivity index (χ0) is 19.0. The van der Waals surface area contributed by atoms with Crippen molar-refractivity contribution in [3.05, 3.63) is 53.1 Å². The number of aliphatic hydroxyl groups excluding tert-OH is 1. The lowest BCUT2D eigenvalue weighted by Gasteiger charge is -2.30. The normalized spacial score (nSPS) is 17.7. The second kappa shape index (κ2) is 7.00. The van der Waals surface area contributed by atoms with Crippen molar-refractivity contribution in [3.8, 4) is 11.5 Å². The van der Waals surface area contributed by atoms with Crippen LogP contribution in [0.15, 0.2) is 36.4 Å². The van der Waals surface area contributed by atoms with E-state index in [1.54, 1.807) is 24.3 Å². The number of amides is 1. The van der Waals surface area contributed by atoms with Gasteiger partial charge in [0.1, 0.15) is 17.6 Å². The number of phenolic OH excluding ortho intramolecular Hbond substituents is 1. The first-order chi connectivity index (χ1) is 12.3. The fourth-order valence-corrected chi connectivity index (χ4v) is 3.20. The maximum absolute atomic E-state index is 12.4. The lowest BCUT2D eigenvalue weighted by Crippen LogP contribution is -2.41. The molecule has 0 radical (unpaired) electrons. The lowest BCUT2D eigenvalue weighted by atomic mass is 9.89. The minimum atomic E-state index is -1.14.